The molecule has 0 aromatic rings. The summed E-state index contributed by atoms with van der Waals surface area (Å²) in [6, 6.07) is -0.870. The van der Waals surface area contributed by atoms with Gasteiger partial charge in [0.25, 0.3) is 0 Å². The number of carbonyl (C=O) groups excluding carboxylic acids is 2. The highest BCUT2D eigenvalue weighted by atomic mass is 16.6. The van der Waals surface area contributed by atoms with Gasteiger partial charge in [0, 0.05) is 12.6 Å². The first-order chi connectivity index (χ1) is 25.0. The minimum absolute atomic E-state index is 0.228. The lowest BCUT2D eigenvalue weighted by molar-refractivity contribution is -0.145. The summed E-state index contributed by atoms with van der Waals surface area (Å²) in [6.07, 6.45) is 50.6. The Morgan fingerprint density at radius 3 is 1.47 bits per heavy atom. The maximum absolute atomic E-state index is 13.0. The summed E-state index contributed by atoms with van der Waals surface area (Å²) >= 11 is 0. The molecule has 1 rings (SSSR count). The minimum Gasteiger partial charge on any atom is -0.467 e. The third-order valence-corrected chi connectivity index (χ3v) is 10.1. The summed E-state index contributed by atoms with van der Waals surface area (Å²) in [7, 11) is 1.35. The third-order valence-electron chi connectivity index (χ3n) is 10.1. The van der Waals surface area contributed by atoms with Gasteiger partial charge < -0.3 is 15.2 Å². The second-order valence-electron chi connectivity index (χ2n) is 14.9. The molecule has 2 N–H and O–H groups in total. The fourth-order valence-electron chi connectivity index (χ4n) is 6.86. The van der Waals surface area contributed by atoms with Gasteiger partial charge in [-0.05, 0) is 89.4 Å². The second-order valence-corrected chi connectivity index (χ2v) is 14.9. The molecule has 6 heteroatoms. The van der Waals surface area contributed by atoms with E-state index in [9.17, 15) is 9.59 Å². The van der Waals surface area contributed by atoms with E-state index in [1.165, 1.54) is 153 Å². The molecule has 0 bridgehead atoms. The number of carbonyl (C=O) groups is 2. The lowest BCUT2D eigenvalue weighted by Gasteiger charge is -2.24. The van der Waals surface area contributed by atoms with E-state index in [4.69, 9.17) is 15.2 Å². The Labute approximate surface area is 315 Å². The lowest BCUT2D eigenvalue weighted by atomic mass is 9.94. The first-order valence-electron chi connectivity index (χ1n) is 21.4. The van der Waals surface area contributed by atoms with Gasteiger partial charge in [-0.25, -0.2) is 9.59 Å². The molecular formula is C45H80N2O4. The van der Waals surface area contributed by atoms with Crippen LogP contribution in [-0.2, 0) is 14.3 Å². The molecule has 1 saturated heterocycles. The third kappa shape index (κ3) is 27.0. The van der Waals surface area contributed by atoms with Gasteiger partial charge in [-0.15, -0.1) is 0 Å². The van der Waals surface area contributed by atoms with Crippen molar-refractivity contribution in [1.82, 2.24) is 4.90 Å². The van der Waals surface area contributed by atoms with Crippen LogP contribution in [0.15, 0.2) is 48.6 Å². The van der Waals surface area contributed by atoms with Crippen LogP contribution in [0.1, 0.15) is 187 Å². The first-order valence-corrected chi connectivity index (χ1v) is 21.4. The Kier molecular flexibility index (Phi) is 31.8. The summed E-state index contributed by atoms with van der Waals surface area (Å²) in [5.41, 5.74) is 6.08. The molecule has 0 saturated carbocycles. The van der Waals surface area contributed by atoms with Crippen molar-refractivity contribution in [2.24, 2.45) is 11.7 Å². The van der Waals surface area contributed by atoms with Gasteiger partial charge in [0.15, 0.2) is 0 Å². The van der Waals surface area contributed by atoms with Crippen LogP contribution >= 0.6 is 0 Å². The van der Waals surface area contributed by atoms with Crippen molar-refractivity contribution in [3.63, 3.8) is 0 Å². The number of rotatable bonds is 33. The normalized spacial score (nSPS) is 16.6. The van der Waals surface area contributed by atoms with Crippen molar-refractivity contribution in [3.05, 3.63) is 48.6 Å². The predicted molar refractivity (Wildman–Crippen MR) is 218 cm³/mol. The van der Waals surface area contributed by atoms with Crippen molar-refractivity contribution in [3.8, 4) is 0 Å². The van der Waals surface area contributed by atoms with Gasteiger partial charge in [0.05, 0.1) is 13.7 Å². The zero-order valence-electron chi connectivity index (χ0n) is 33.5. The number of ether oxygens (including phenoxy) is 2. The SMILES string of the molecule is CCCCC/C=C\C/C=C\CCCCCCCCC(CCCCCCCC/C=C\C/C=C\CCCCC)COC(=O)N1C[C@@H](N)C[C@H]1C(=O)OC. The largest absolute Gasteiger partial charge is 0.467 e. The summed E-state index contributed by atoms with van der Waals surface area (Å²) in [5, 5.41) is 0. The van der Waals surface area contributed by atoms with E-state index in [0.717, 1.165) is 25.7 Å². The quantitative estimate of drug-likeness (QED) is 0.0416. The van der Waals surface area contributed by atoms with Crippen molar-refractivity contribution >= 4 is 12.1 Å². The van der Waals surface area contributed by atoms with E-state index in [-0.39, 0.29) is 6.04 Å². The van der Waals surface area contributed by atoms with Crippen LogP contribution in [-0.4, -0.2) is 49.3 Å². The fourth-order valence-corrected chi connectivity index (χ4v) is 6.86. The average Bonchev–Trinajstić information content (AvgIpc) is 3.54. The summed E-state index contributed by atoms with van der Waals surface area (Å²) < 4.78 is 10.7. The number of methoxy groups -OCH3 is 1. The zero-order valence-corrected chi connectivity index (χ0v) is 33.5. The molecule has 0 radical (unpaired) electrons. The number of unbranched alkanes of at least 4 members (excludes halogenated alkanes) is 18. The standard InChI is InChI=1S/C45H80N2O4/c1-4-6-8-10-12-14-16-18-20-22-24-26-28-30-32-34-36-41(40-51-45(49)47-39-42(46)38-43(47)44(48)50-3)37-35-33-31-29-27-25-23-21-19-17-15-13-11-9-7-5-2/h12-15,18-21,41-43H,4-11,16-17,22-40,46H2,1-3H3/b14-12-,15-13-,20-18-,21-19-/t42-,43-/m0/s1. The molecule has 1 amide bonds. The topological polar surface area (TPSA) is 81.9 Å². The predicted octanol–water partition coefficient (Wildman–Crippen LogP) is 12.7. The monoisotopic (exact) mass is 713 g/mol. The Balaban J connectivity index is 2.31. The smallest absolute Gasteiger partial charge is 0.410 e. The molecule has 1 heterocycles. The summed E-state index contributed by atoms with van der Waals surface area (Å²) in [5.74, 6) is -0.0578. The minimum atomic E-state index is -0.642. The molecule has 0 aromatic carbocycles. The van der Waals surface area contributed by atoms with E-state index in [1.807, 2.05) is 0 Å². The molecule has 294 valence electrons. The molecule has 0 spiro atoms. The van der Waals surface area contributed by atoms with Crippen LogP contribution in [0.3, 0.4) is 0 Å². The Hall–Kier alpha value is -2.34. The molecule has 1 aliphatic heterocycles. The lowest BCUT2D eigenvalue weighted by Crippen LogP contribution is -2.42. The molecular weight excluding hydrogens is 633 g/mol. The molecule has 1 aliphatic rings. The number of allylic oxidation sites excluding steroid dienone is 8. The number of hydrogen-bond donors (Lipinski definition) is 1. The number of hydrogen-bond acceptors (Lipinski definition) is 5. The maximum atomic E-state index is 13.0. The van der Waals surface area contributed by atoms with Crippen molar-refractivity contribution < 1.29 is 19.1 Å². The van der Waals surface area contributed by atoms with Gasteiger partial charge in [-0.3, -0.25) is 4.90 Å². The van der Waals surface area contributed by atoms with Crippen molar-refractivity contribution in [1.29, 1.82) is 0 Å². The van der Waals surface area contributed by atoms with Crippen molar-refractivity contribution in [2.45, 2.75) is 199 Å². The Bertz CT molecular complexity index is 894. The van der Waals surface area contributed by atoms with Gasteiger partial charge in [0.1, 0.15) is 6.04 Å². The van der Waals surface area contributed by atoms with E-state index in [2.05, 4.69) is 62.5 Å². The van der Waals surface area contributed by atoms with Crippen LogP contribution in [0.25, 0.3) is 0 Å². The van der Waals surface area contributed by atoms with Gasteiger partial charge in [0.2, 0.25) is 0 Å². The van der Waals surface area contributed by atoms with Crippen LogP contribution in [0.4, 0.5) is 4.79 Å². The molecule has 0 aromatic heterocycles. The number of esters is 1. The molecule has 6 nitrogen and oxygen atoms in total. The van der Waals surface area contributed by atoms with Crippen LogP contribution in [0, 0.1) is 5.92 Å². The summed E-state index contributed by atoms with van der Waals surface area (Å²) in [6.45, 7) is 5.26. The van der Waals surface area contributed by atoms with Crippen LogP contribution in [0.2, 0.25) is 0 Å². The highest BCUT2D eigenvalue weighted by Crippen LogP contribution is 2.23. The van der Waals surface area contributed by atoms with Crippen LogP contribution in [0.5, 0.6) is 0 Å². The average molecular weight is 713 g/mol. The van der Waals surface area contributed by atoms with E-state index < -0.39 is 18.1 Å². The second kappa shape index (κ2) is 34.7. The number of nitrogens with two attached hydrogens (primary N) is 1. The highest BCUT2D eigenvalue weighted by molar-refractivity contribution is 5.82. The molecule has 1 fully saturated rings. The number of likely N-dealkylation sites (tertiary alicyclic amines) is 1. The highest BCUT2D eigenvalue weighted by Gasteiger charge is 2.40. The van der Waals surface area contributed by atoms with E-state index in [0.29, 0.717) is 25.5 Å². The summed E-state index contributed by atoms with van der Waals surface area (Å²) in [4.78, 5) is 26.7. The zero-order chi connectivity index (χ0) is 37.0. The molecule has 51 heavy (non-hydrogen) atoms. The fraction of sp³-hybridized carbons (Fsp3) is 0.778. The van der Waals surface area contributed by atoms with Gasteiger partial charge >= 0.3 is 12.1 Å². The van der Waals surface area contributed by atoms with Gasteiger partial charge in [-0.2, -0.15) is 0 Å². The molecule has 0 unspecified atom stereocenters. The number of amides is 1. The van der Waals surface area contributed by atoms with E-state index >= 15 is 0 Å². The first kappa shape index (κ1) is 46.7. The van der Waals surface area contributed by atoms with Crippen molar-refractivity contribution in [2.75, 3.05) is 20.3 Å². The Morgan fingerprint density at radius 1 is 0.627 bits per heavy atom. The molecule has 2 atom stereocenters. The Morgan fingerprint density at radius 2 is 1.04 bits per heavy atom. The maximum Gasteiger partial charge on any atom is 0.410 e. The number of nitrogens with zero attached hydrogens (tertiary/aromatic N) is 1. The van der Waals surface area contributed by atoms with Crippen LogP contribution < -0.4 is 5.73 Å². The molecule has 0 aliphatic carbocycles. The van der Waals surface area contributed by atoms with Gasteiger partial charge in [-0.1, -0.05) is 152 Å². The van der Waals surface area contributed by atoms with E-state index in [1.54, 1.807) is 0 Å².